The molecule has 0 aliphatic heterocycles. The summed E-state index contributed by atoms with van der Waals surface area (Å²) in [6.45, 7) is 7.45. The Morgan fingerprint density at radius 3 is 2.48 bits per heavy atom. The van der Waals surface area contributed by atoms with Crippen molar-refractivity contribution in [1.29, 1.82) is 0 Å². The van der Waals surface area contributed by atoms with Gasteiger partial charge in [0, 0.05) is 0 Å². The quantitative estimate of drug-likeness (QED) is 0.728. The van der Waals surface area contributed by atoms with Crippen molar-refractivity contribution in [2.75, 3.05) is 7.11 Å². The second-order valence-corrected chi connectivity index (χ2v) is 9.22. The van der Waals surface area contributed by atoms with Crippen LogP contribution in [0, 0.1) is 5.82 Å². The number of hydrogen-bond donors (Lipinski definition) is 1. The van der Waals surface area contributed by atoms with E-state index in [2.05, 4.69) is 12.2 Å². The van der Waals surface area contributed by atoms with Crippen LogP contribution < -0.4 is 10.1 Å². The van der Waals surface area contributed by atoms with Crippen LogP contribution in [-0.4, -0.2) is 36.9 Å². The number of alkyl carbamates (subject to hydrolysis) is 1. The number of carbonyl (C=O) groups is 2. The van der Waals surface area contributed by atoms with Crippen LogP contribution >= 0.6 is 0 Å². The molecule has 2 atom stereocenters. The Hall–Kier alpha value is -2.31. The van der Waals surface area contributed by atoms with Crippen LogP contribution in [0.1, 0.15) is 75.7 Å². The standard InChI is InChI=1S/C22H30FNO5/c1-21(2,3)29-20(26)24-15-7-6-8-16(15)28-17-12-13(22(4)9-10-22)11-14(23)18(17)19(25)27-5/h11-12,15-16H,6-10H2,1-5H3,(H,24,26)/t15-,16-/m1/s1. The van der Waals surface area contributed by atoms with Crippen molar-refractivity contribution in [3.8, 4) is 5.75 Å². The van der Waals surface area contributed by atoms with Crippen LogP contribution in [0.25, 0.3) is 0 Å². The highest BCUT2D eigenvalue weighted by atomic mass is 19.1. The van der Waals surface area contributed by atoms with Gasteiger partial charge >= 0.3 is 12.1 Å². The van der Waals surface area contributed by atoms with Gasteiger partial charge in [-0.25, -0.2) is 14.0 Å². The molecule has 7 heteroatoms. The lowest BCUT2D eigenvalue weighted by Crippen LogP contribution is -2.44. The average molecular weight is 407 g/mol. The van der Waals surface area contributed by atoms with Crippen molar-refractivity contribution in [2.45, 2.75) is 83.0 Å². The van der Waals surface area contributed by atoms with Crippen LogP contribution in [-0.2, 0) is 14.9 Å². The molecule has 0 saturated heterocycles. The maximum atomic E-state index is 14.8. The largest absolute Gasteiger partial charge is 0.487 e. The second kappa shape index (κ2) is 7.84. The van der Waals surface area contributed by atoms with Crippen LogP contribution in [0.3, 0.4) is 0 Å². The highest BCUT2D eigenvalue weighted by Crippen LogP contribution is 2.49. The first-order valence-corrected chi connectivity index (χ1v) is 10.1. The minimum atomic E-state index is -0.778. The van der Waals surface area contributed by atoms with Crippen molar-refractivity contribution in [3.05, 3.63) is 29.1 Å². The summed E-state index contributed by atoms with van der Waals surface area (Å²) in [5, 5.41) is 2.84. The number of esters is 1. The molecule has 2 fully saturated rings. The fraction of sp³-hybridized carbons (Fsp3) is 0.636. The molecular formula is C22H30FNO5. The van der Waals surface area contributed by atoms with Gasteiger partial charge in [0.05, 0.1) is 13.2 Å². The van der Waals surface area contributed by atoms with Crippen LogP contribution in [0.15, 0.2) is 12.1 Å². The van der Waals surface area contributed by atoms with Gasteiger partial charge in [0.15, 0.2) is 0 Å². The van der Waals surface area contributed by atoms with Gasteiger partial charge in [-0.3, -0.25) is 0 Å². The van der Waals surface area contributed by atoms with Crippen LogP contribution in [0.5, 0.6) is 5.75 Å². The third-order valence-corrected chi connectivity index (χ3v) is 5.57. The molecule has 0 unspecified atom stereocenters. The fourth-order valence-corrected chi connectivity index (χ4v) is 3.65. The van der Waals surface area contributed by atoms with Crippen molar-refractivity contribution in [1.82, 2.24) is 5.32 Å². The molecule has 6 nitrogen and oxygen atoms in total. The van der Waals surface area contributed by atoms with E-state index >= 15 is 0 Å². The number of ether oxygens (including phenoxy) is 3. The summed E-state index contributed by atoms with van der Waals surface area (Å²) in [6.07, 6.45) is 3.29. The molecule has 2 aliphatic rings. The zero-order valence-corrected chi connectivity index (χ0v) is 17.8. The first-order chi connectivity index (χ1) is 13.5. The number of carbonyl (C=O) groups excluding carboxylic acids is 2. The molecule has 0 bridgehead atoms. The smallest absolute Gasteiger partial charge is 0.408 e. The number of rotatable bonds is 5. The van der Waals surface area contributed by atoms with E-state index in [1.807, 2.05) is 0 Å². The SMILES string of the molecule is COC(=O)c1c(F)cc(C2(C)CC2)cc1O[C@@H]1CCC[C@H]1NC(=O)OC(C)(C)C. The average Bonchev–Trinajstić information content (AvgIpc) is 3.22. The normalized spacial score (nSPS) is 22.7. The molecule has 2 aliphatic carbocycles. The van der Waals surface area contributed by atoms with Gasteiger partial charge in [-0.1, -0.05) is 6.92 Å². The zero-order chi connectivity index (χ0) is 21.4. The Balaban J connectivity index is 1.83. The maximum Gasteiger partial charge on any atom is 0.408 e. The number of halogens is 1. The Morgan fingerprint density at radius 1 is 1.21 bits per heavy atom. The Bertz CT molecular complexity index is 797. The van der Waals surface area contributed by atoms with Crippen molar-refractivity contribution < 1.29 is 28.2 Å². The Morgan fingerprint density at radius 2 is 1.90 bits per heavy atom. The predicted molar refractivity (Wildman–Crippen MR) is 106 cm³/mol. The van der Waals surface area contributed by atoms with Crippen LogP contribution in [0.4, 0.5) is 9.18 Å². The zero-order valence-electron chi connectivity index (χ0n) is 17.8. The molecule has 0 spiro atoms. The minimum Gasteiger partial charge on any atom is -0.487 e. The number of hydrogen-bond acceptors (Lipinski definition) is 5. The lowest BCUT2D eigenvalue weighted by molar-refractivity contribution is 0.0456. The number of methoxy groups -OCH3 is 1. The first kappa shape index (κ1) is 21.4. The van der Waals surface area contributed by atoms with E-state index in [9.17, 15) is 14.0 Å². The summed E-state index contributed by atoms with van der Waals surface area (Å²) in [7, 11) is 1.21. The minimum absolute atomic E-state index is 0.0859. The summed E-state index contributed by atoms with van der Waals surface area (Å²) in [6, 6.07) is 2.86. The Labute approximate surface area is 171 Å². The molecule has 3 rings (SSSR count). The van der Waals surface area contributed by atoms with Crippen molar-refractivity contribution >= 4 is 12.1 Å². The second-order valence-electron chi connectivity index (χ2n) is 9.22. The lowest BCUT2D eigenvalue weighted by atomic mass is 9.96. The molecule has 0 radical (unpaired) electrons. The highest BCUT2D eigenvalue weighted by Gasteiger charge is 2.41. The fourth-order valence-electron chi connectivity index (χ4n) is 3.65. The van der Waals surface area contributed by atoms with Gasteiger partial charge in [0.2, 0.25) is 0 Å². The van der Waals surface area contributed by atoms with Gasteiger partial charge in [0.1, 0.15) is 28.8 Å². The molecule has 1 N–H and O–H groups in total. The summed E-state index contributed by atoms with van der Waals surface area (Å²) in [5.74, 6) is -1.25. The molecule has 0 aromatic heterocycles. The molecule has 160 valence electrons. The van der Waals surface area contributed by atoms with Crippen molar-refractivity contribution in [3.63, 3.8) is 0 Å². The molecule has 0 heterocycles. The van der Waals surface area contributed by atoms with E-state index in [4.69, 9.17) is 14.2 Å². The van der Waals surface area contributed by atoms with E-state index in [1.54, 1.807) is 26.8 Å². The van der Waals surface area contributed by atoms with E-state index in [0.717, 1.165) is 31.2 Å². The van der Waals surface area contributed by atoms with Gasteiger partial charge < -0.3 is 19.5 Å². The third kappa shape index (κ3) is 5.00. The molecular weight excluding hydrogens is 377 g/mol. The topological polar surface area (TPSA) is 73.9 Å². The lowest BCUT2D eigenvalue weighted by Gasteiger charge is -2.26. The molecule has 1 amide bonds. The summed E-state index contributed by atoms with van der Waals surface area (Å²) in [5.41, 5.74) is -0.0816. The monoisotopic (exact) mass is 407 g/mol. The van der Waals surface area contributed by atoms with Gasteiger partial charge in [-0.05, 0) is 76.0 Å². The first-order valence-electron chi connectivity index (χ1n) is 10.1. The van der Waals surface area contributed by atoms with E-state index in [0.29, 0.717) is 6.42 Å². The highest BCUT2D eigenvalue weighted by molar-refractivity contribution is 5.93. The summed E-state index contributed by atoms with van der Waals surface area (Å²) >= 11 is 0. The predicted octanol–water partition coefficient (Wildman–Crippen LogP) is 4.49. The van der Waals surface area contributed by atoms with E-state index in [-0.39, 0.29) is 28.9 Å². The molecule has 2 saturated carbocycles. The van der Waals surface area contributed by atoms with E-state index < -0.39 is 23.5 Å². The molecule has 1 aromatic rings. The van der Waals surface area contributed by atoms with Gasteiger partial charge in [-0.15, -0.1) is 0 Å². The number of amides is 1. The molecule has 1 aromatic carbocycles. The number of nitrogens with one attached hydrogen (secondary N) is 1. The van der Waals surface area contributed by atoms with Gasteiger partial charge in [-0.2, -0.15) is 0 Å². The molecule has 29 heavy (non-hydrogen) atoms. The third-order valence-electron chi connectivity index (χ3n) is 5.57. The van der Waals surface area contributed by atoms with Gasteiger partial charge in [0.25, 0.3) is 0 Å². The summed E-state index contributed by atoms with van der Waals surface area (Å²) in [4.78, 5) is 24.3. The van der Waals surface area contributed by atoms with Crippen LogP contribution in [0.2, 0.25) is 0 Å². The van der Waals surface area contributed by atoms with Crippen molar-refractivity contribution in [2.24, 2.45) is 0 Å². The maximum absolute atomic E-state index is 14.8. The summed E-state index contributed by atoms with van der Waals surface area (Å²) < 4.78 is 31.0. The Kier molecular flexibility index (Phi) is 5.79. The van der Waals surface area contributed by atoms with E-state index in [1.165, 1.54) is 13.2 Å². The number of benzene rings is 1.